The minimum absolute atomic E-state index is 0.302. The van der Waals surface area contributed by atoms with Crippen LogP contribution in [0, 0.1) is 0 Å². The standard InChI is InChI=1S/C15H22N2O18P2/c18-3-5(19)8(21)10(23)12(34-37(30,31)35-36(27,28)29)14(25)32-4-6-9(22)11(24)13(33-6)17-2-1-7(20)16-15(17)26/h1-3,5-6,8-13,19,21-24H,4H2,(H,30,31)(H,16,20,26)(H2,27,28,29)/t5-,6+,8+,9+,10-,11+,12-,13+/m0/s1. The van der Waals surface area contributed by atoms with Crippen LogP contribution in [0.1, 0.15) is 6.23 Å². The van der Waals surface area contributed by atoms with E-state index >= 15 is 0 Å². The van der Waals surface area contributed by atoms with Gasteiger partial charge in [-0.2, -0.15) is 4.31 Å². The first-order chi connectivity index (χ1) is 17.0. The van der Waals surface area contributed by atoms with Gasteiger partial charge in [0.2, 0.25) is 0 Å². The second kappa shape index (κ2) is 12.1. The van der Waals surface area contributed by atoms with Crippen molar-refractivity contribution < 1.29 is 77.2 Å². The number of nitrogens with zero attached hydrogens (tertiary/aromatic N) is 1. The molecule has 2 heterocycles. The molecule has 0 bridgehead atoms. The number of ether oxygens (including phenoxy) is 2. The summed E-state index contributed by atoms with van der Waals surface area (Å²) in [7, 11) is -11.6. The molecule has 1 aromatic rings. The SMILES string of the molecule is O=C[C@H](O)[C@@H](O)[C@H](O)[C@H](OP(=O)(O)OP(=O)(O)O)C(=O)OC[C@H]1O[C@@H](n2ccc(=O)[nH]c2=O)[C@H](O)[C@@H]1O. The molecule has 1 fully saturated rings. The third-order valence-corrected chi connectivity index (χ3v) is 6.86. The number of carbonyl (C=O) groups is 2. The highest BCUT2D eigenvalue weighted by Crippen LogP contribution is 2.58. The van der Waals surface area contributed by atoms with E-state index in [1.807, 2.05) is 4.98 Å². The molecule has 1 unspecified atom stereocenters. The monoisotopic (exact) mass is 580 g/mol. The number of nitrogens with one attached hydrogen (secondary N) is 1. The topological polar surface area (TPSA) is 322 Å². The number of hydrogen-bond donors (Lipinski definition) is 9. The Kier molecular flexibility index (Phi) is 10.2. The molecule has 1 saturated heterocycles. The van der Waals surface area contributed by atoms with E-state index in [2.05, 4.69) is 13.6 Å². The zero-order valence-electron chi connectivity index (χ0n) is 18.1. The minimum Gasteiger partial charge on any atom is -0.461 e. The number of esters is 1. The molecule has 22 heteroatoms. The van der Waals surface area contributed by atoms with E-state index in [1.54, 1.807) is 0 Å². The molecule has 0 amide bonds. The molecular formula is C15H22N2O18P2. The first-order valence-electron chi connectivity index (χ1n) is 9.74. The largest absolute Gasteiger partial charge is 0.482 e. The Morgan fingerprint density at radius 2 is 1.76 bits per heavy atom. The number of aromatic nitrogens is 2. The number of aliphatic hydroxyl groups excluding tert-OH is 5. The molecule has 37 heavy (non-hydrogen) atoms. The van der Waals surface area contributed by atoms with E-state index in [-0.39, 0.29) is 6.29 Å². The van der Waals surface area contributed by atoms with Gasteiger partial charge in [0.15, 0.2) is 18.6 Å². The average Bonchev–Trinajstić information content (AvgIpc) is 3.06. The van der Waals surface area contributed by atoms with E-state index in [0.717, 1.165) is 12.3 Å². The summed E-state index contributed by atoms with van der Waals surface area (Å²) in [6, 6.07) is 0.895. The fourth-order valence-corrected chi connectivity index (χ4v) is 4.70. The molecule has 1 aromatic heterocycles. The number of phosphoric ester groups is 1. The van der Waals surface area contributed by atoms with Crippen LogP contribution in [0.25, 0.3) is 0 Å². The van der Waals surface area contributed by atoms with Crippen molar-refractivity contribution in [2.75, 3.05) is 6.61 Å². The Labute approximate surface area is 204 Å². The van der Waals surface area contributed by atoms with Crippen molar-refractivity contribution in [1.82, 2.24) is 9.55 Å². The average molecular weight is 580 g/mol. The highest BCUT2D eigenvalue weighted by molar-refractivity contribution is 7.60. The van der Waals surface area contributed by atoms with Crippen LogP contribution in [0.2, 0.25) is 0 Å². The first kappa shape index (κ1) is 31.1. The van der Waals surface area contributed by atoms with Gasteiger partial charge in [-0.15, -0.1) is 0 Å². The lowest BCUT2D eigenvalue weighted by Crippen LogP contribution is -2.50. The highest BCUT2D eigenvalue weighted by atomic mass is 31.3. The van der Waals surface area contributed by atoms with Crippen LogP contribution in [0.5, 0.6) is 0 Å². The van der Waals surface area contributed by atoms with Crippen LogP contribution in [0.4, 0.5) is 0 Å². The molecule has 1 aliphatic heterocycles. The lowest BCUT2D eigenvalue weighted by Gasteiger charge is -2.27. The second-order valence-electron chi connectivity index (χ2n) is 7.37. The van der Waals surface area contributed by atoms with Gasteiger partial charge >= 0.3 is 27.3 Å². The van der Waals surface area contributed by atoms with E-state index < -0.39 is 88.4 Å². The first-order valence-corrected chi connectivity index (χ1v) is 12.8. The number of aldehydes is 1. The van der Waals surface area contributed by atoms with Gasteiger partial charge in [-0.3, -0.25) is 18.9 Å². The number of hydrogen-bond acceptors (Lipinski definition) is 15. The molecule has 0 aliphatic carbocycles. The molecule has 210 valence electrons. The summed E-state index contributed by atoms with van der Waals surface area (Å²) >= 11 is 0. The molecule has 9 atom stereocenters. The Hall–Kier alpha value is -2.16. The second-order valence-corrected chi connectivity index (χ2v) is 10.2. The molecule has 9 N–H and O–H groups in total. The van der Waals surface area contributed by atoms with Crippen molar-refractivity contribution in [3.8, 4) is 0 Å². The molecule has 1 aliphatic rings. The zero-order chi connectivity index (χ0) is 28.3. The summed E-state index contributed by atoms with van der Waals surface area (Å²) in [6.07, 6.45) is -16.8. The van der Waals surface area contributed by atoms with Gasteiger partial charge in [-0.25, -0.2) is 18.7 Å². The van der Waals surface area contributed by atoms with Crippen molar-refractivity contribution in [1.29, 1.82) is 0 Å². The van der Waals surface area contributed by atoms with Crippen molar-refractivity contribution >= 4 is 27.9 Å². The maximum absolute atomic E-state index is 12.5. The number of carbonyl (C=O) groups excluding carboxylic acids is 2. The zero-order valence-corrected chi connectivity index (χ0v) is 19.8. The summed E-state index contributed by atoms with van der Waals surface area (Å²) in [5.74, 6) is -1.87. The Bertz CT molecular complexity index is 1180. The van der Waals surface area contributed by atoms with Crippen LogP contribution < -0.4 is 11.2 Å². The van der Waals surface area contributed by atoms with Crippen LogP contribution in [0.3, 0.4) is 0 Å². The quantitative estimate of drug-likeness (QED) is 0.0632. The van der Waals surface area contributed by atoms with Gasteiger partial charge in [0.05, 0.1) is 0 Å². The Balaban J connectivity index is 2.21. The maximum Gasteiger partial charge on any atom is 0.482 e. The van der Waals surface area contributed by atoms with Gasteiger partial charge in [0.25, 0.3) is 5.56 Å². The van der Waals surface area contributed by atoms with Gasteiger partial charge in [0, 0.05) is 12.3 Å². The smallest absolute Gasteiger partial charge is 0.461 e. The Morgan fingerprint density at radius 1 is 1.14 bits per heavy atom. The van der Waals surface area contributed by atoms with Gasteiger partial charge < -0.3 is 54.5 Å². The van der Waals surface area contributed by atoms with E-state index in [1.165, 1.54) is 0 Å². The molecule has 0 radical (unpaired) electrons. The summed E-state index contributed by atoms with van der Waals surface area (Å²) in [4.78, 5) is 74.9. The third-order valence-electron chi connectivity index (χ3n) is 4.69. The number of rotatable bonds is 12. The molecule has 0 aromatic carbocycles. The molecule has 20 nitrogen and oxygen atoms in total. The predicted molar refractivity (Wildman–Crippen MR) is 110 cm³/mol. The lowest BCUT2D eigenvalue weighted by atomic mass is 10.0. The van der Waals surface area contributed by atoms with E-state index in [4.69, 9.17) is 14.5 Å². The van der Waals surface area contributed by atoms with Crippen molar-refractivity contribution in [2.24, 2.45) is 0 Å². The van der Waals surface area contributed by atoms with Gasteiger partial charge in [0.1, 0.15) is 43.2 Å². The summed E-state index contributed by atoms with van der Waals surface area (Å²) in [5.41, 5.74) is -1.82. The predicted octanol–water partition coefficient (Wildman–Crippen LogP) is -5.42. The van der Waals surface area contributed by atoms with Crippen LogP contribution >= 0.6 is 15.6 Å². The molecule has 0 saturated carbocycles. The molecule has 0 spiro atoms. The number of phosphoric acid groups is 2. The Morgan fingerprint density at radius 3 is 2.30 bits per heavy atom. The highest BCUT2D eigenvalue weighted by Gasteiger charge is 2.47. The molecular weight excluding hydrogens is 558 g/mol. The lowest BCUT2D eigenvalue weighted by molar-refractivity contribution is -0.172. The fourth-order valence-electron chi connectivity index (χ4n) is 2.97. The normalized spacial score (nSPS) is 27.0. The van der Waals surface area contributed by atoms with E-state index in [0.29, 0.717) is 4.57 Å². The van der Waals surface area contributed by atoms with Crippen molar-refractivity contribution in [2.45, 2.75) is 49.0 Å². The van der Waals surface area contributed by atoms with Crippen LogP contribution in [-0.4, -0.2) is 111 Å². The maximum atomic E-state index is 12.5. The van der Waals surface area contributed by atoms with Gasteiger partial charge in [-0.1, -0.05) is 0 Å². The van der Waals surface area contributed by atoms with Crippen molar-refractivity contribution in [3.63, 3.8) is 0 Å². The summed E-state index contributed by atoms with van der Waals surface area (Å²) in [5, 5.41) is 49.5. The number of H-pyrrole nitrogens is 1. The van der Waals surface area contributed by atoms with E-state index in [9.17, 15) is 58.7 Å². The van der Waals surface area contributed by atoms with Crippen LogP contribution in [0.15, 0.2) is 21.9 Å². The van der Waals surface area contributed by atoms with Gasteiger partial charge in [-0.05, 0) is 0 Å². The summed E-state index contributed by atoms with van der Waals surface area (Å²) in [6.45, 7) is -1.03. The fraction of sp³-hybridized carbons (Fsp3) is 0.600. The number of aliphatic hydroxyl groups is 5. The minimum atomic E-state index is -5.88. The molecule has 2 rings (SSSR count). The summed E-state index contributed by atoms with van der Waals surface area (Å²) < 4.78 is 41.0. The third kappa shape index (κ3) is 8.16. The van der Waals surface area contributed by atoms with Crippen LogP contribution in [-0.2, 0) is 37.0 Å². The number of aromatic amines is 1. The van der Waals surface area contributed by atoms with Crippen molar-refractivity contribution in [3.05, 3.63) is 33.1 Å².